The highest BCUT2D eigenvalue weighted by Crippen LogP contribution is 2.15. The molecule has 2 N–H and O–H groups in total. The van der Waals surface area contributed by atoms with Crippen molar-refractivity contribution in [2.75, 3.05) is 31.6 Å². The zero-order chi connectivity index (χ0) is 11.9. The number of hydrogen-bond donors (Lipinski definition) is 2. The van der Waals surface area contributed by atoms with Crippen LogP contribution in [0.1, 0.15) is 18.9 Å². The van der Waals surface area contributed by atoms with Gasteiger partial charge in [-0.1, -0.05) is 25.1 Å². The SMILES string of the molecule is CCc1ccccc1NCCC1COCCN1. The number of benzene rings is 1. The van der Waals surface area contributed by atoms with E-state index in [1.165, 1.54) is 11.3 Å². The fourth-order valence-corrected chi connectivity index (χ4v) is 2.19. The summed E-state index contributed by atoms with van der Waals surface area (Å²) in [6, 6.07) is 9.03. The van der Waals surface area contributed by atoms with Gasteiger partial charge in [-0.3, -0.25) is 0 Å². The summed E-state index contributed by atoms with van der Waals surface area (Å²) in [6.45, 7) is 5.87. The first-order valence-electron chi connectivity index (χ1n) is 6.53. The lowest BCUT2D eigenvalue weighted by Crippen LogP contribution is -2.42. The normalized spacial score (nSPS) is 20.2. The minimum atomic E-state index is 0.505. The maximum Gasteiger partial charge on any atom is 0.0620 e. The molecule has 0 aromatic heterocycles. The predicted octanol–water partition coefficient (Wildman–Crippen LogP) is 2.04. The van der Waals surface area contributed by atoms with Crippen molar-refractivity contribution in [3.63, 3.8) is 0 Å². The Morgan fingerprint density at radius 2 is 2.29 bits per heavy atom. The maximum atomic E-state index is 5.44. The molecule has 3 nitrogen and oxygen atoms in total. The van der Waals surface area contributed by atoms with Crippen LogP contribution < -0.4 is 10.6 Å². The topological polar surface area (TPSA) is 33.3 Å². The van der Waals surface area contributed by atoms with Crippen LogP contribution in [0.25, 0.3) is 0 Å². The largest absolute Gasteiger partial charge is 0.385 e. The highest BCUT2D eigenvalue weighted by atomic mass is 16.5. The van der Waals surface area contributed by atoms with Crippen molar-refractivity contribution in [3.8, 4) is 0 Å². The predicted molar refractivity (Wildman–Crippen MR) is 71.5 cm³/mol. The highest BCUT2D eigenvalue weighted by Gasteiger charge is 2.12. The Bertz CT molecular complexity index is 335. The molecule has 1 fully saturated rings. The molecular formula is C14H22N2O. The molecule has 1 aliphatic rings. The Morgan fingerprint density at radius 3 is 3.06 bits per heavy atom. The number of hydrogen-bond acceptors (Lipinski definition) is 3. The number of nitrogens with one attached hydrogen (secondary N) is 2. The van der Waals surface area contributed by atoms with E-state index in [-0.39, 0.29) is 0 Å². The Labute approximate surface area is 104 Å². The van der Waals surface area contributed by atoms with Crippen molar-refractivity contribution in [2.45, 2.75) is 25.8 Å². The monoisotopic (exact) mass is 234 g/mol. The molecule has 0 spiro atoms. The van der Waals surface area contributed by atoms with Crippen molar-refractivity contribution >= 4 is 5.69 Å². The van der Waals surface area contributed by atoms with E-state index in [1.54, 1.807) is 0 Å². The van der Waals surface area contributed by atoms with Gasteiger partial charge in [-0.2, -0.15) is 0 Å². The number of aryl methyl sites for hydroxylation is 1. The first-order valence-corrected chi connectivity index (χ1v) is 6.53. The summed E-state index contributed by atoms with van der Waals surface area (Å²) in [4.78, 5) is 0. The van der Waals surface area contributed by atoms with Crippen LogP contribution in [0.2, 0.25) is 0 Å². The smallest absolute Gasteiger partial charge is 0.0620 e. The van der Waals surface area contributed by atoms with E-state index in [0.29, 0.717) is 6.04 Å². The molecule has 3 heteroatoms. The zero-order valence-electron chi connectivity index (χ0n) is 10.5. The number of para-hydroxylation sites is 1. The molecule has 0 saturated carbocycles. The molecule has 1 aromatic rings. The molecule has 94 valence electrons. The van der Waals surface area contributed by atoms with Crippen molar-refractivity contribution in [1.82, 2.24) is 5.32 Å². The molecule has 17 heavy (non-hydrogen) atoms. The van der Waals surface area contributed by atoms with Crippen LogP contribution in [0.4, 0.5) is 5.69 Å². The highest BCUT2D eigenvalue weighted by molar-refractivity contribution is 5.50. The summed E-state index contributed by atoms with van der Waals surface area (Å²) in [6.07, 6.45) is 2.19. The standard InChI is InChI=1S/C14H22N2O/c1-2-12-5-3-4-6-14(12)16-8-7-13-11-17-10-9-15-13/h3-6,13,15-16H,2,7-11H2,1H3. The van der Waals surface area contributed by atoms with Crippen molar-refractivity contribution in [1.29, 1.82) is 0 Å². The second-order valence-electron chi connectivity index (χ2n) is 4.45. The van der Waals surface area contributed by atoms with Gasteiger partial charge in [-0.05, 0) is 24.5 Å². The number of morpholine rings is 1. The summed E-state index contributed by atoms with van der Waals surface area (Å²) in [7, 11) is 0. The van der Waals surface area contributed by atoms with Crippen molar-refractivity contribution < 1.29 is 4.74 Å². The summed E-state index contributed by atoms with van der Waals surface area (Å²) in [5.74, 6) is 0. The summed E-state index contributed by atoms with van der Waals surface area (Å²) >= 11 is 0. The van der Waals surface area contributed by atoms with Crippen LogP contribution in [-0.4, -0.2) is 32.3 Å². The lowest BCUT2D eigenvalue weighted by atomic mass is 10.1. The number of ether oxygens (including phenoxy) is 1. The van der Waals surface area contributed by atoms with Gasteiger partial charge in [0, 0.05) is 24.8 Å². The molecule has 1 aliphatic heterocycles. The zero-order valence-corrected chi connectivity index (χ0v) is 10.5. The van der Waals surface area contributed by atoms with Crippen LogP contribution >= 0.6 is 0 Å². The van der Waals surface area contributed by atoms with Gasteiger partial charge < -0.3 is 15.4 Å². The molecule has 1 atom stereocenters. The Balaban J connectivity index is 1.77. The molecule has 0 aliphatic carbocycles. The van der Waals surface area contributed by atoms with Gasteiger partial charge in [0.15, 0.2) is 0 Å². The van der Waals surface area contributed by atoms with E-state index in [0.717, 1.165) is 39.1 Å². The van der Waals surface area contributed by atoms with Crippen LogP contribution in [0, 0.1) is 0 Å². The molecule has 2 rings (SSSR count). The number of rotatable bonds is 5. The van der Waals surface area contributed by atoms with E-state index >= 15 is 0 Å². The molecule has 0 amide bonds. The third-order valence-corrected chi connectivity index (χ3v) is 3.20. The molecule has 1 saturated heterocycles. The quantitative estimate of drug-likeness (QED) is 0.818. The average Bonchev–Trinajstić information content (AvgIpc) is 2.40. The molecule has 0 radical (unpaired) electrons. The Hall–Kier alpha value is -1.06. The molecular weight excluding hydrogens is 212 g/mol. The summed E-state index contributed by atoms with van der Waals surface area (Å²) in [5, 5.41) is 6.98. The van der Waals surface area contributed by atoms with E-state index in [2.05, 4.69) is 41.8 Å². The number of anilines is 1. The Morgan fingerprint density at radius 1 is 1.41 bits per heavy atom. The van der Waals surface area contributed by atoms with Gasteiger partial charge >= 0.3 is 0 Å². The third kappa shape index (κ3) is 3.72. The Kier molecular flexibility index (Phi) is 4.83. The second-order valence-corrected chi connectivity index (χ2v) is 4.45. The van der Waals surface area contributed by atoms with Gasteiger partial charge in [-0.15, -0.1) is 0 Å². The van der Waals surface area contributed by atoms with Crippen molar-refractivity contribution in [2.24, 2.45) is 0 Å². The van der Waals surface area contributed by atoms with Gasteiger partial charge in [-0.25, -0.2) is 0 Å². The average molecular weight is 234 g/mol. The molecule has 1 aromatic carbocycles. The first kappa shape index (κ1) is 12.4. The van der Waals surface area contributed by atoms with Crippen molar-refractivity contribution in [3.05, 3.63) is 29.8 Å². The lowest BCUT2D eigenvalue weighted by Gasteiger charge is -2.24. The van der Waals surface area contributed by atoms with Crippen LogP contribution in [-0.2, 0) is 11.2 Å². The van der Waals surface area contributed by atoms with Gasteiger partial charge in [0.2, 0.25) is 0 Å². The second kappa shape index (κ2) is 6.62. The summed E-state index contributed by atoms with van der Waals surface area (Å²) < 4.78 is 5.44. The lowest BCUT2D eigenvalue weighted by molar-refractivity contribution is 0.0753. The van der Waals surface area contributed by atoms with E-state index in [4.69, 9.17) is 4.74 Å². The molecule has 0 bridgehead atoms. The van der Waals surface area contributed by atoms with Gasteiger partial charge in [0.05, 0.1) is 13.2 Å². The maximum absolute atomic E-state index is 5.44. The van der Waals surface area contributed by atoms with Crippen LogP contribution in [0.3, 0.4) is 0 Å². The van der Waals surface area contributed by atoms with E-state index in [1.807, 2.05) is 0 Å². The minimum Gasteiger partial charge on any atom is -0.385 e. The molecule has 1 unspecified atom stereocenters. The van der Waals surface area contributed by atoms with E-state index in [9.17, 15) is 0 Å². The molecule has 1 heterocycles. The van der Waals surface area contributed by atoms with Gasteiger partial charge in [0.25, 0.3) is 0 Å². The fourth-order valence-electron chi connectivity index (χ4n) is 2.19. The van der Waals surface area contributed by atoms with Gasteiger partial charge in [0.1, 0.15) is 0 Å². The third-order valence-electron chi connectivity index (χ3n) is 3.20. The minimum absolute atomic E-state index is 0.505. The summed E-state index contributed by atoms with van der Waals surface area (Å²) in [5.41, 5.74) is 2.66. The van der Waals surface area contributed by atoms with Crippen LogP contribution in [0.5, 0.6) is 0 Å². The fraction of sp³-hybridized carbons (Fsp3) is 0.571. The van der Waals surface area contributed by atoms with Crippen LogP contribution in [0.15, 0.2) is 24.3 Å². The van der Waals surface area contributed by atoms with E-state index < -0.39 is 0 Å². The first-order chi connectivity index (χ1) is 8.40.